The molecule has 23 heavy (non-hydrogen) atoms. The molecule has 1 unspecified atom stereocenters. The number of hydrogen-bond donors (Lipinski definition) is 2. The number of carbonyl (C=O) groups is 3. The van der Waals surface area contributed by atoms with Crippen LogP contribution in [0.3, 0.4) is 0 Å². The summed E-state index contributed by atoms with van der Waals surface area (Å²) in [6.07, 6.45) is -0.219. The molecule has 1 aliphatic heterocycles. The SMILES string of the molecule is O=C(O)CC1COCCN1C(=O)CNC(=O)c1cccc(F)c1. The molecular weight excluding hydrogens is 307 g/mol. The van der Waals surface area contributed by atoms with Crippen LogP contribution in [0.4, 0.5) is 4.39 Å². The van der Waals surface area contributed by atoms with Gasteiger partial charge in [-0.3, -0.25) is 14.4 Å². The molecule has 1 heterocycles. The summed E-state index contributed by atoms with van der Waals surface area (Å²) in [6.45, 7) is 0.452. The van der Waals surface area contributed by atoms with E-state index in [-0.39, 0.29) is 31.7 Å². The van der Waals surface area contributed by atoms with Gasteiger partial charge in [-0.15, -0.1) is 0 Å². The highest BCUT2D eigenvalue weighted by molar-refractivity contribution is 5.96. The third-order valence-corrected chi connectivity index (χ3v) is 3.45. The van der Waals surface area contributed by atoms with E-state index in [0.29, 0.717) is 6.61 Å². The number of ether oxygens (including phenoxy) is 1. The minimum absolute atomic E-state index is 0.113. The molecule has 8 heteroatoms. The normalized spacial score (nSPS) is 17.6. The minimum atomic E-state index is -1.03. The van der Waals surface area contributed by atoms with Crippen LogP contribution in [0.1, 0.15) is 16.8 Å². The van der Waals surface area contributed by atoms with Crippen LogP contribution < -0.4 is 5.32 Å². The maximum atomic E-state index is 13.1. The number of carbonyl (C=O) groups excluding carboxylic acids is 2. The maximum absolute atomic E-state index is 13.1. The lowest BCUT2D eigenvalue weighted by molar-refractivity contribution is -0.145. The predicted molar refractivity (Wildman–Crippen MR) is 77.3 cm³/mol. The molecule has 0 bridgehead atoms. The average Bonchev–Trinajstić information content (AvgIpc) is 2.52. The van der Waals surface area contributed by atoms with Crippen molar-refractivity contribution in [3.8, 4) is 0 Å². The van der Waals surface area contributed by atoms with Gasteiger partial charge >= 0.3 is 5.97 Å². The van der Waals surface area contributed by atoms with Crippen molar-refractivity contribution in [1.82, 2.24) is 10.2 Å². The molecule has 124 valence electrons. The Hall–Kier alpha value is -2.48. The highest BCUT2D eigenvalue weighted by Crippen LogP contribution is 2.11. The van der Waals surface area contributed by atoms with E-state index in [1.54, 1.807) is 0 Å². The Morgan fingerprint density at radius 2 is 2.17 bits per heavy atom. The monoisotopic (exact) mass is 324 g/mol. The first-order valence-electron chi connectivity index (χ1n) is 7.10. The van der Waals surface area contributed by atoms with E-state index in [2.05, 4.69) is 5.32 Å². The molecule has 2 rings (SSSR count). The van der Waals surface area contributed by atoms with Crippen molar-refractivity contribution in [3.05, 3.63) is 35.6 Å². The van der Waals surface area contributed by atoms with Crippen molar-refractivity contribution in [2.75, 3.05) is 26.3 Å². The average molecular weight is 324 g/mol. The number of halogens is 1. The van der Waals surface area contributed by atoms with Crippen LogP contribution in [0, 0.1) is 5.82 Å². The van der Waals surface area contributed by atoms with Crippen LogP contribution in [0.5, 0.6) is 0 Å². The number of carboxylic acid groups (broad SMARTS) is 1. The minimum Gasteiger partial charge on any atom is -0.481 e. The maximum Gasteiger partial charge on any atom is 0.305 e. The lowest BCUT2D eigenvalue weighted by atomic mass is 10.1. The molecule has 1 fully saturated rings. The van der Waals surface area contributed by atoms with Gasteiger partial charge in [-0.25, -0.2) is 4.39 Å². The molecule has 2 N–H and O–H groups in total. The standard InChI is InChI=1S/C15H17FN2O5/c16-11-3-1-2-10(6-11)15(22)17-8-13(19)18-4-5-23-9-12(18)7-14(20)21/h1-3,6,12H,4-5,7-9H2,(H,17,22)(H,20,21). The highest BCUT2D eigenvalue weighted by atomic mass is 19.1. The van der Waals surface area contributed by atoms with Crippen LogP contribution in [0.25, 0.3) is 0 Å². The lowest BCUT2D eigenvalue weighted by Gasteiger charge is -2.34. The number of carboxylic acids is 1. The number of morpholine rings is 1. The van der Waals surface area contributed by atoms with E-state index >= 15 is 0 Å². The van der Waals surface area contributed by atoms with Gasteiger partial charge in [-0.05, 0) is 18.2 Å². The molecule has 0 radical (unpaired) electrons. The zero-order chi connectivity index (χ0) is 16.8. The van der Waals surface area contributed by atoms with E-state index in [4.69, 9.17) is 9.84 Å². The smallest absolute Gasteiger partial charge is 0.305 e. The lowest BCUT2D eigenvalue weighted by Crippen LogP contribution is -2.52. The van der Waals surface area contributed by atoms with Gasteiger partial charge in [-0.2, -0.15) is 0 Å². The summed E-state index contributed by atoms with van der Waals surface area (Å²) in [5, 5.41) is 11.3. The van der Waals surface area contributed by atoms with Crippen LogP contribution in [-0.4, -0.2) is 60.1 Å². The Kier molecular flexibility index (Phi) is 5.64. The Morgan fingerprint density at radius 3 is 2.87 bits per heavy atom. The van der Waals surface area contributed by atoms with E-state index < -0.39 is 29.6 Å². The molecule has 2 amide bonds. The van der Waals surface area contributed by atoms with Crippen molar-refractivity contribution in [2.24, 2.45) is 0 Å². The van der Waals surface area contributed by atoms with Crippen molar-refractivity contribution in [1.29, 1.82) is 0 Å². The van der Waals surface area contributed by atoms with Gasteiger partial charge in [0.05, 0.1) is 32.2 Å². The fraction of sp³-hybridized carbons (Fsp3) is 0.400. The largest absolute Gasteiger partial charge is 0.481 e. The first-order valence-corrected chi connectivity index (χ1v) is 7.10. The topological polar surface area (TPSA) is 95.9 Å². The summed E-state index contributed by atoms with van der Waals surface area (Å²) in [6, 6.07) is 4.57. The molecule has 1 aromatic carbocycles. The molecule has 7 nitrogen and oxygen atoms in total. The quantitative estimate of drug-likeness (QED) is 0.810. The van der Waals surface area contributed by atoms with Crippen molar-refractivity contribution >= 4 is 17.8 Å². The Labute approximate surface area is 132 Å². The second-order valence-corrected chi connectivity index (χ2v) is 5.11. The summed E-state index contributed by atoms with van der Waals surface area (Å²) < 4.78 is 18.3. The second kappa shape index (κ2) is 7.68. The molecule has 1 atom stereocenters. The van der Waals surface area contributed by atoms with Gasteiger partial charge in [0.1, 0.15) is 5.82 Å². The van der Waals surface area contributed by atoms with Gasteiger partial charge in [-0.1, -0.05) is 6.07 Å². The number of benzene rings is 1. The molecule has 1 aliphatic rings. The van der Waals surface area contributed by atoms with E-state index in [1.165, 1.54) is 23.1 Å². The summed E-state index contributed by atoms with van der Waals surface area (Å²) in [4.78, 5) is 36.3. The second-order valence-electron chi connectivity index (χ2n) is 5.11. The van der Waals surface area contributed by atoms with Gasteiger partial charge in [0.25, 0.3) is 5.91 Å². The van der Waals surface area contributed by atoms with Crippen molar-refractivity contribution < 1.29 is 28.6 Å². The van der Waals surface area contributed by atoms with Crippen molar-refractivity contribution in [2.45, 2.75) is 12.5 Å². The summed E-state index contributed by atoms with van der Waals surface area (Å²) in [5.41, 5.74) is 0.113. The van der Waals surface area contributed by atoms with Crippen molar-refractivity contribution in [3.63, 3.8) is 0 Å². The first-order chi connectivity index (χ1) is 11.0. The number of aliphatic carboxylic acids is 1. The van der Waals surface area contributed by atoms with Crippen LogP contribution in [0.15, 0.2) is 24.3 Å². The fourth-order valence-electron chi connectivity index (χ4n) is 2.34. The number of hydrogen-bond acceptors (Lipinski definition) is 4. The van der Waals surface area contributed by atoms with Crippen LogP contribution >= 0.6 is 0 Å². The molecule has 1 saturated heterocycles. The zero-order valence-corrected chi connectivity index (χ0v) is 12.3. The predicted octanol–water partition coefficient (Wildman–Crippen LogP) is 0.258. The fourth-order valence-corrected chi connectivity index (χ4v) is 2.34. The number of nitrogens with zero attached hydrogens (tertiary/aromatic N) is 1. The number of amides is 2. The third-order valence-electron chi connectivity index (χ3n) is 3.45. The van der Waals surface area contributed by atoms with E-state index in [0.717, 1.165) is 6.07 Å². The molecule has 0 spiro atoms. The molecular formula is C15H17FN2O5. The molecule has 0 aliphatic carbocycles. The molecule has 0 saturated carbocycles. The Bertz CT molecular complexity index is 607. The Balaban J connectivity index is 1.92. The third kappa shape index (κ3) is 4.75. The van der Waals surface area contributed by atoms with Gasteiger partial charge in [0.15, 0.2) is 0 Å². The van der Waals surface area contributed by atoms with E-state index in [1.807, 2.05) is 0 Å². The van der Waals surface area contributed by atoms with Crippen LogP contribution in [-0.2, 0) is 14.3 Å². The number of nitrogens with one attached hydrogen (secondary N) is 1. The Morgan fingerprint density at radius 1 is 1.39 bits per heavy atom. The zero-order valence-electron chi connectivity index (χ0n) is 12.3. The summed E-state index contributed by atoms with van der Waals surface area (Å²) >= 11 is 0. The van der Waals surface area contributed by atoms with E-state index in [9.17, 15) is 18.8 Å². The molecule has 1 aromatic rings. The first kappa shape index (κ1) is 16.9. The summed E-state index contributed by atoms with van der Waals surface area (Å²) in [5.74, 6) is -2.54. The summed E-state index contributed by atoms with van der Waals surface area (Å²) in [7, 11) is 0. The number of rotatable bonds is 5. The van der Waals surface area contributed by atoms with Gasteiger partial charge in [0.2, 0.25) is 5.91 Å². The van der Waals surface area contributed by atoms with Crippen LogP contribution in [0.2, 0.25) is 0 Å². The molecule has 0 aromatic heterocycles. The van der Waals surface area contributed by atoms with Gasteiger partial charge < -0.3 is 20.1 Å². The van der Waals surface area contributed by atoms with Gasteiger partial charge in [0, 0.05) is 12.1 Å². The highest BCUT2D eigenvalue weighted by Gasteiger charge is 2.29.